The lowest BCUT2D eigenvalue weighted by molar-refractivity contribution is -0.121. The normalized spacial score (nSPS) is 18.6. The summed E-state index contributed by atoms with van der Waals surface area (Å²) in [5.41, 5.74) is 6.96. The molecule has 0 radical (unpaired) electrons. The number of anilines is 2. The number of benzene rings is 1. The highest BCUT2D eigenvalue weighted by Gasteiger charge is 2.41. The second kappa shape index (κ2) is 4.77. The summed E-state index contributed by atoms with van der Waals surface area (Å²) in [6.07, 6.45) is 1.67. The van der Waals surface area contributed by atoms with Crippen molar-refractivity contribution in [3.63, 3.8) is 0 Å². The van der Waals surface area contributed by atoms with Gasteiger partial charge in [-0.15, -0.1) is 0 Å². The minimum Gasteiger partial charge on any atom is -0.396 e. The van der Waals surface area contributed by atoms with Gasteiger partial charge in [0.2, 0.25) is 11.8 Å². The Kier molecular flexibility index (Phi) is 2.95. The van der Waals surface area contributed by atoms with Crippen molar-refractivity contribution in [2.24, 2.45) is 0 Å². The van der Waals surface area contributed by atoms with Gasteiger partial charge in [-0.05, 0) is 17.7 Å². The number of aromatic nitrogens is 1. The van der Waals surface area contributed by atoms with E-state index in [0.717, 1.165) is 10.5 Å². The predicted molar refractivity (Wildman–Crippen MR) is 74.9 cm³/mol. The zero-order valence-corrected chi connectivity index (χ0v) is 10.7. The molecule has 0 spiro atoms. The lowest BCUT2D eigenvalue weighted by atomic mass is 9.98. The van der Waals surface area contributed by atoms with Crippen molar-refractivity contribution >= 4 is 23.3 Å². The standard InChI is InChI=1S/C15H13N3O2/c16-12-7-4-8-17-14(12)18-13(19)9-11(15(18)20)10-5-2-1-3-6-10/h1-8,11H,9,16H2. The molecule has 1 aromatic heterocycles. The molecule has 1 unspecified atom stereocenters. The van der Waals surface area contributed by atoms with Gasteiger partial charge in [0, 0.05) is 12.6 Å². The molecule has 20 heavy (non-hydrogen) atoms. The van der Waals surface area contributed by atoms with Crippen LogP contribution in [-0.2, 0) is 9.59 Å². The fourth-order valence-corrected chi connectivity index (χ4v) is 2.40. The van der Waals surface area contributed by atoms with Crippen LogP contribution < -0.4 is 10.6 Å². The van der Waals surface area contributed by atoms with Gasteiger partial charge in [-0.2, -0.15) is 0 Å². The van der Waals surface area contributed by atoms with Gasteiger partial charge in [-0.25, -0.2) is 9.88 Å². The first-order valence-corrected chi connectivity index (χ1v) is 6.30. The fraction of sp³-hybridized carbons (Fsp3) is 0.133. The largest absolute Gasteiger partial charge is 0.396 e. The molecule has 2 amide bonds. The molecule has 0 aliphatic carbocycles. The second-order valence-electron chi connectivity index (χ2n) is 4.65. The van der Waals surface area contributed by atoms with E-state index >= 15 is 0 Å². The number of rotatable bonds is 2. The third-order valence-electron chi connectivity index (χ3n) is 3.38. The number of imide groups is 1. The molecule has 1 fully saturated rings. The molecule has 1 aliphatic heterocycles. The summed E-state index contributed by atoms with van der Waals surface area (Å²) in [7, 11) is 0. The highest BCUT2D eigenvalue weighted by Crippen LogP contribution is 2.34. The van der Waals surface area contributed by atoms with Crippen molar-refractivity contribution in [1.29, 1.82) is 0 Å². The van der Waals surface area contributed by atoms with Crippen molar-refractivity contribution in [3.8, 4) is 0 Å². The summed E-state index contributed by atoms with van der Waals surface area (Å²) < 4.78 is 0. The molecule has 2 aromatic rings. The van der Waals surface area contributed by atoms with Crippen molar-refractivity contribution in [1.82, 2.24) is 4.98 Å². The Bertz CT molecular complexity index is 670. The van der Waals surface area contributed by atoms with Gasteiger partial charge in [0.15, 0.2) is 5.82 Å². The second-order valence-corrected chi connectivity index (χ2v) is 4.65. The van der Waals surface area contributed by atoms with Gasteiger partial charge in [0.1, 0.15) is 0 Å². The third kappa shape index (κ3) is 1.93. The summed E-state index contributed by atoms with van der Waals surface area (Å²) in [5.74, 6) is -0.771. The lowest BCUT2D eigenvalue weighted by Gasteiger charge is -2.15. The Morgan fingerprint density at radius 2 is 1.85 bits per heavy atom. The van der Waals surface area contributed by atoms with Gasteiger partial charge in [-0.3, -0.25) is 9.59 Å². The molecule has 0 saturated carbocycles. The van der Waals surface area contributed by atoms with Crippen LogP contribution >= 0.6 is 0 Å². The van der Waals surface area contributed by atoms with E-state index in [9.17, 15) is 9.59 Å². The highest BCUT2D eigenvalue weighted by molar-refractivity contribution is 6.23. The molecular formula is C15H13N3O2. The van der Waals surface area contributed by atoms with Gasteiger partial charge in [0.25, 0.3) is 0 Å². The third-order valence-corrected chi connectivity index (χ3v) is 3.38. The van der Waals surface area contributed by atoms with Gasteiger partial charge >= 0.3 is 0 Å². The smallest absolute Gasteiger partial charge is 0.243 e. The number of nitrogen functional groups attached to an aromatic ring is 1. The van der Waals surface area contributed by atoms with Crippen LogP contribution in [-0.4, -0.2) is 16.8 Å². The topological polar surface area (TPSA) is 76.3 Å². The maximum absolute atomic E-state index is 12.5. The fourth-order valence-electron chi connectivity index (χ4n) is 2.40. The zero-order valence-electron chi connectivity index (χ0n) is 10.7. The molecule has 2 N–H and O–H groups in total. The maximum Gasteiger partial charge on any atom is 0.243 e. The number of nitrogens with two attached hydrogens (primary N) is 1. The van der Waals surface area contributed by atoms with Crippen molar-refractivity contribution in [2.45, 2.75) is 12.3 Å². The number of nitrogens with zero attached hydrogens (tertiary/aromatic N) is 2. The lowest BCUT2D eigenvalue weighted by Crippen LogP contribution is -2.31. The maximum atomic E-state index is 12.5. The molecule has 0 bridgehead atoms. The van der Waals surface area contributed by atoms with E-state index in [2.05, 4.69) is 4.98 Å². The number of carbonyl (C=O) groups is 2. The molecule has 5 nitrogen and oxygen atoms in total. The Balaban J connectivity index is 1.98. The first-order valence-electron chi connectivity index (χ1n) is 6.30. The van der Waals surface area contributed by atoms with Crippen molar-refractivity contribution < 1.29 is 9.59 Å². The molecule has 2 heterocycles. The van der Waals surface area contributed by atoms with E-state index in [4.69, 9.17) is 5.73 Å². The number of hydrogen-bond acceptors (Lipinski definition) is 4. The van der Waals surface area contributed by atoms with Crippen LogP contribution in [0.15, 0.2) is 48.7 Å². The first kappa shape index (κ1) is 12.3. The monoisotopic (exact) mass is 267 g/mol. The average molecular weight is 267 g/mol. The molecular weight excluding hydrogens is 254 g/mol. The van der Waals surface area contributed by atoms with Gasteiger partial charge in [-0.1, -0.05) is 30.3 Å². The summed E-state index contributed by atoms with van der Waals surface area (Å²) in [6.45, 7) is 0. The number of carbonyl (C=O) groups excluding carboxylic acids is 2. The van der Waals surface area contributed by atoms with Crippen molar-refractivity contribution in [3.05, 3.63) is 54.2 Å². The minimum absolute atomic E-state index is 0.152. The Morgan fingerprint density at radius 3 is 2.55 bits per heavy atom. The van der Waals surface area contributed by atoms with E-state index in [1.54, 1.807) is 12.1 Å². The quantitative estimate of drug-likeness (QED) is 0.840. The molecule has 1 saturated heterocycles. The molecule has 1 aromatic carbocycles. The summed E-state index contributed by atoms with van der Waals surface area (Å²) in [6, 6.07) is 12.6. The van der Waals surface area contributed by atoms with Crippen LogP contribution in [0.25, 0.3) is 0 Å². The Hall–Kier alpha value is -2.69. The number of amides is 2. The molecule has 1 atom stereocenters. The summed E-state index contributed by atoms with van der Waals surface area (Å²) >= 11 is 0. The first-order chi connectivity index (χ1) is 9.68. The van der Waals surface area contributed by atoms with E-state index in [0.29, 0.717) is 5.69 Å². The SMILES string of the molecule is Nc1cccnc1N1C(=O)CC(c2ccccc2)C1=O. The van der Waals surface area contributed by atoms with Gasteiger partial charge < -0.3 is 5.73 Å². The van der Waals surface area contributed by atoms with Crippen LogP contribution in [0.4, 0.5) is 11.5 Å². The molecule has 3 rings (SSSR count). The van der Waals surface area contributed by atoms with E-state index in [1.165, 1.54) is 6.20 Å². The number of hydrogen-bond donors (Lipinski definition) is 1. The van der Waals surface area contributed by atoms with Gasteiger partial charge in [0.05, 0.1) is 11.6 Å². The highest BCUT2D eigenvalue weighted by atomic mass is 16.2. The Labute approximate surface area is 116 Å². The molecule has 1 aliphatic rings. The summed E-state index contributed by atoms with van der Waals surface area (Å²) in [4.78, 5) is 29.7. The number of pyridine rings is 1. The zero-order chi connectivity index (χ0) is 14.1. The molecule has 100 valence electrons. The minimum atomic E-state index is -0.454. The van der Waals surface area contributed by atoms with E-state index in [1.807, 2.05) is 30.3 Å². The van der Waals surface area contributed by atoms with Crippen LogP contribution in [0.2, 0.25) is 0 Å². The average Bonchev–Trinajstić information content (AvgIpc) is 2.76. The van der Waals surface area contributed by atoms with Crippen LogP contribution in [0.3, 0.4) is 0 Å². The van der Waals surface area contributed by atoms with Crippen molar-refractivity contribution in [2.75, 3.05) is 10.6 Å². The van der Waals surface area contributed by atoms with Crippen LogP contribution in [0.5, 0.6) is 0 Å². The van der Waals surface area contributed by atoms with Crippen LogP contribution in [0, 0.1) is 0 Å². The summed E-state index contributed by atoms with van der Waals surface area (Å²) in [5, 5.41) is 0. The van der Waals surface area contributed by atoms with Crippen LogP contribution in [0.1, 0.15) is 17.9 Å². The van der Waals surface area contributed by atoms with E-state index in [-0.39, 0.29) is 24.1 Å². The Morgan fingerprint density at radius 1 is 1.10 bits per heavy atom. The molecule has 5 heteroatoms. The predicted octanol–water partition coefficient (Wildman–Crippen LogP) is 1.71. The van der Waals surface area contributed by atoms with E-state index < -0.39 is 5.92 Å².